The molecule has 1 heterocycles. The Bertz CT molecular complexity index is 1160. The number of nitrogens with one attached hydrogen (secondary N) is 1. The molecular formula is C23H22N2O4S. The SMILES string of the molecule is CCOc1ccc(NC(=O)c2ccc3c(c2)CCN3S(=O)(=O)c2ccccc2)cc1. The lowest BCUT2D eigenvalue weighted by Gasteiger charge is -2.19. The lowest BCUT2D eigenvalue weighted by atomic mass is 10.1. The average Bonchev–Trinajstić information content (AvgIpc) is 3.20. The van der Waals surface area contributed by atoms with Crippen LogP contribution in [-0.4, -0.2) is 27.5 Å². The number of fused-ring (bicyclic) bond motifs is 1. The van der Waals surface area contributed by atoms with Gasteiger partial charge >= 0.3 is 0 Å². The quantitative estimate of drug-likeness (QED) is 0.649. The summed E-state index contributed by atoms with van der Waals surface area (Å²) in [5.41, 5.74) is 2.61. The molecule has 0 fully saturated rings. The van der Waals surface area contributed by atoms with Crippen LogP contribution in [0.2, 0.25) is 0 Å². The summed E-state index contributed by atoms with van der Waals surface area (Å²) in [6.45, 7) is 2.85. The highest BCUT2D eigenvalue weighted by Crippen LogP contribution is 2.33. The molecule has 3 aromatic rings. The first-order valence-electron chi connectivity index (χ1n) is 9.74. The minimum atomic E-state index is -3.62. The van der Waals surface area contributed by atoms with E-state index in [1.54, 1.807) is 72.8 Å². The Morgan fingerprint density at radius 1 is 1.03 bits per heavy atom. The van der Waals surface area contributed by atoms with E-state index in [-0.39, 0.29) is 10.8 Å². The summed E-state index contributed by atoms with van der Waals surface area (Å²) < 4.78 is 32.7. The highest BCUT2D eigenvalue weighted by molar-refractivity contribution is 7.92. The number of carbonyl (C=O) groups is 1. The molecule has 0 spiro atoms. The van der Waals surface area contributed by atoms with Crippen LogP contribution in [0.3, 0.4) is 0 Å². The summed E-state index contributed by atoms with van der Waals surface area (Å²) >= 11 is 0. The maximum Gasteiger partial charge on any atom is 0.264 e. The summed E-state index contributed by atoms with van der Waals surface area (Å²) in [4.78, 5) is 12.9. The van der Waals surface area contributed by atoms with E-state index in [2.05, 4.69) is 5.32 Å². The Morgan fingerprint density at radius 3 is 2.47 bits per heavy atom. The summed E-state index contributed by atoms with van der Waals surface area (Å²) in [5, 5.41) is 2.86. The zero-order valence-electron chi connectivity index (χ0n) is 16.5. The summed E-state index contributed by atoms with van der Waals surface area (Å²) in [6.07, 6.45) is 0.561. The number of sulfonamides is 1. The van der Waals surface area contributed by atoms with Crippen LogP contribution in [0, 0.1) is 0 Å². The number of hydrogen-bond donors (Lipinski definition) is 1. The van der Waals surface area contributed by atoms with Crippen molar-refractivity contribution in [3.05, 3.63) is 83.9 Å². The molecule has 7 heteroatoms. The fraction of sp³-hybridized carbons (Fsp3) is 0.174. The van der Waals surface area contributed by atoms with Gasteiger partial charge in [-0.05, 0) is 73.5 Å². The summed E-state index contributed by atoms with van der Waals surface area (Å²) in [6, 6.07) is 20.7. The van der Waals surface area contributed by atoms with Crippen molar-refractivity contribution in [3.8, 4) is 5.75 Å². The van der Waals surface area contributed by atoms with E-state index < -0.39 is 10.0 Å². The average molecular weight is 423 g/mol. The zero-order chi connectivity index (χ0) is 21.1. The Kier molecular flexibility index (Phi) is 5.46. The van der Waals surface area contributed by atoms with E-state index >= 15 is 0 Å². The van der Waals surface area contributed by atoms with E-state index in [1.165, 1.54) is 4.31 Å². The smallest absolute Gasteiger partial charge is 0.264 e. The van der Waals surface area contributed by atoms with E-state index in [4.69, 9.17) is 4.74 Å². The highest BCUT2D eigenvalue weighted by Gasteiger charge is 2.31. The van der Waals surface area contributed by atoms with E-state index in [9.17, 15) is 13.2 Å². The van der Waals surface area contributed by atoms with Crippen LogP contribution in [0.5, 0.6) is 5.75 Å². The molecule has 4 rings (SSSR count). The molecule has 0 aliphatic carbocycles. The number of nitrogens with zero attached hydrogens (tertiary/aromatic N) is 1. The predicted octanol–water partition coefficient (Wildman–Crippen LogP) is 4.09. The normalized spacial score (nSPS) is 13.0. The molecule has 3 aromatic carbocycles. The van der Waals surface area contributed by atoms with E-state index in [0.717, 1.165) is 11.3 Å². The molecule has 0 unspecified atom stereocenters. The van der Waals surface area contributed by atoms with Gasteiger partial charge in [-0.1, -0.05) is 18.2 Å². The second-order valence-electron chi connectivity index (χ2n) is 6.90. The Morgan fingerprint density at radius 2 is 1.77 bits per heavy atom. The lowest BCUT2D eigenvalue weighted by molar-refractivity contribution is 0.102. The molecule has 0 saturated heterocycles. The monoisotopic (exact) mass is 422 g/mol. The van der Waals surface area contributed by atoms with Crippen LogP contribution in [0.4, 0.5) is 11.4 Å². The largest absolute Gasteiger partial charge is 0.494 e. The molecule has 0 bridgehead atoms. The van der Waals surface area contributed by atoms with Crippen molar-refractivity contribution in [2.24, 2.45) is 0 Å². The van der Waals surface area contributed by atoms with E-state index in [0.29, 0.717) is 36.5 Å². The van der Waals surface area contributed by atoms with Crippen molar-refractivity contribution >= 4 is 27.3 Å². The number of ether oxygens (including phenoxy) is 1. The van der Waals surface area contributed by atoms with Crippen molar-refractivity contribution in [2.45, 2.75) is 18.2 Å². The topological polar surface area (TPSA) is 75.7 Å². The Hall–Kier alpha value is -3.32. The van der Waals surface area contributed by atoms with Crippen LogP contribution in [0.25, 0.3) is 0 Å². The standard InChI is InChI=1S/C23H22N2O4S/c1-2-29-20-11-9-19(10-12-20)24-23(26)18-8-13-22-17(16-18)14-15-25(22)30(27,28)21-6-4-3-5-7-21/h3-13,16H,2,14-15H2,1H3,(H,24,26). The maximum atomic E-state index is 13.0. The van der Waals surface area contributed by atoms with Gasteiger partial charge in [0.05, 0.1) is 17.2 Å². The molecule has 0 aromatic heterocycles. The summed E-state index contributed by atoms with van der Waals surface area (Å²) in [7, 11) is -3.62. The molecule has 154 valence electrons. The number of anilines is 2. The van der Waals surface area contributed by atoms with Gasteiger partial charge in [0, 0.05) is 17.8 Å². The third-order valence-corrected chi connectivity index (χ3v) is 6.78. The Balaban J connectivity index is 1.53. The number of hydrogen-bond acceptors (Lipinski definition) is 4. The van der Waals surface area contributed by atoms with Crippen LogP contribution < -0.4 is 14.4 Å². The van der Waals surface area contributed by atoms with Crippen molar-refractivity contribution in [2.75, 3.05) is 22.8 Å². The van der Waals surface area contributed by atoms with Crippen LogP contribution in [0.15, 0.2) is 77.7 Å². The van der Waals surface area contributed by atoms with Gasteiger partial charge in [-0.15, -0.1) is 0 Å². The molecular weight excluding hydrogens is 400 g/mol. The Labute approximate surface area is 176 Å². The molecule has 1 amide bonds. The molecule has 6 nitrogen and oxygen atoms in total. The lowest BCUT2D eigenvalue weighted by Crippen LogP contribution is -2.29. The van der Waals surface area contributed by atoms with Crippen molar-refractivity contribution in [3.63, 3.8) is 0 Å². The third kappa shape index (κ3) is 3.89. The van der Waals surface area contributed by atoms with Crippen LogP contribution in [-0.2, 0) is 16.4 Å². The first-order valence-corrected chi connectivity index (χ1v) is 11.2. The first-order chi connectivity index (χ1) is 14.5. The second-order valence-corrected chi connectivity index (χ2v) is 8.76. The maximum absolute atomic E-state index is 13.0. The molecule has 1 aliphatic rings. The van der Waals surface area contributed by atoms with Gasteiger partial charge in [0.1, 0.15) is 5.75 Å². The number of rotatable bonds is 6. The molecule has 1 aliphatic heterocycles. The van der Waals surface area contributed by atoms with Gasteiger partial charge < -0.3 is 10.1 Å². The van der Waals surface area contributed by atoms with Gasteiger partial charge in [0.2, 0.25) is 0 Å². The third-order valence-electron chi connectivity index (χ3n) is 4.95. The fourth-order valence-electron chi connectivity index (χ4n) is 3.49. The van der Waals surface area contributed by atoms with Crippen molar-refractivity contribution < 1.29 is 17.9 Å². The molecule has 0 saturated carbocycles. The highest BCUT2D eigenvalue weighted by atomic mass is 32.2. The summed E-state index contributed by atoms with van der Waals surface area (Å²) in [5.74, 6) is 0.499. The van der Waals surface area contributed by atoms with Gasteiger partial charge in [0.25, 0.3) is 15.9 Å². The number of carbonyl (C=O) groups excluding carboxylic acids is 1. The number of amides is 1. The minimum Gasteiger partial charge on any atom is -0.494 e. The second kappa shape index (κ2) is 8.20. The number of benzene rings is 3. The van der Waals surface area contributed by atoms with Crippen LogP contribution >= 0.6 is 0 Å². The van der Waals surface area contributed by atoms with Gasteiger partial charge in [-0.2, -0.15) is 0 Å². The molecule has 0 atom stereocenters. The molecule has 0 radical (unpaired) electrons. The molecule has 30 heavy (non-hydrogen) atoms. The zero-order valence-corrected chi connectivity index (χ0v) is 17.4. The van der Waals surface area contributed by atoms with Crippen molar-refractivity contribution in [1.29, 1.82) is 0 Å². The van der Waals surface area contributed by atoms with Crippen LogP contribution in [0.1, 0.15) is 22.8 Å². The van der Waals surface area contributed by atoms with Crippen molar-refractivity contribution in [1.82, 2.24) is 0 Å². The van der Waals surface area contributed by atoms with Gasteiger partial charge in [-0.25, -0.2) is 8.42 Å². The van der Waals surface area contributed by atoms with Gasteiger partial charge in [-0.3, -0.25) is 9.10 Å². The minimum absolute atomic E-state index is 0.244. The van der Waals surface area contributed by atoms with Gasteiger partial charge in [0.15, 0.2) is 0 Å². The first kappa shape index (κ1) is 20.0. The molecule has 1 N–H and O–H groups in total. The van der Waals surface area contributed by atoms with E-state index in [1.807, 2.05) is 6.92 Å². The fourth-order valence-corrected chi connectivity index (χ4v) is 5.01. The predicted molar refractivity (Wildman–Crippen MR) is 117 cm³/mol.